The van der Waals surface area contributed by atoms with E-state index in [2.05, 4.69) is 4.98 Å². The summed E-state index contributed by atoms with van der Waals surface area (Å²) in [6, 6.07) is 11.5. The molecule has 1 aromatic heterocycles. The van der Waals surface area contributed by atoms with Gasteiger partial charge in [0.25, 0.3) is 0 Å². The zero-order chi connectivity index (χ0) is 14.6. The van der Waals surface area contributed by atoms with E-state index in [1.54, 1.807) is 30.5 Å². The monoisotopic (exact) mass is 292 g/mol. The molecule has 0 spiro atoms. The van der Waals surface area contributed by atoms with Crippen molar-refractivity contribution in [3.05, 3.63) is 54.4 Å². The van der Waals surface area contributed by atoms with Crippen molar-refractivity contribution in [1.29, 1.82) is 0 Å². The fraction of sp³-hybridized carbons (Fsp3) is 0.214. The van der Waals surface area contributed by atoms with E-state index in [0.717, 1.165) is 5.69 Å². The third kappa shape index (κ3) is 3.48. The van der Waals surface area contributed by atoms with Crippen molar-refractivity contribution >= 4 is 15.7 Å². The van der Waals surface area contributed by atoms with Gasteiger partial charge in [0.15, 0.2) is 0 Å². The molecule has 0 bridgehead atoms. The van der Waals surface area contributed by atoms with Gasteiger partial charge in [-0.1, -0.05) is 6.07 Å². The molecule has 2 rings (SSSR count). The van der Waals surface area contributed by atoms with Crippen LogP contribution in [0.25, 0.3) is 0 Å². The van der Waals surface area contributed by atoms with E-state index in [9.17, 15) is 13.5 Å². The van der Waals surface area contributed by atoms with Gasteiger partial charge in [0, 0.05) is 25.4 Å². The number of sulfonamides is 1. The highest BCUT2D eigenvalue weighted by Gasteiger charge is 2.18. The van der Waals surface area contributed by atoms with Gasteiger partial charge in [0.1, 0.15) is 5.75 Å². The first-order chi connectivity index (χ1) is 9.49. The maximum atomic E-state index is 12.2. The largest absolute Gasteiger partial charge is 0.508 e. The average molecular weight is 292 g/mol. The Kier molecular flexibility index (Phi) is 4.24. The molecule has 2 aromatic rings. The van der Waals surface area contributed by atoms with E-state index in [0.29, 0.717) is 12.1 Å². The third-order valence-electron chi connectivity index (χ3n) is 2.97. The lowest BCUT2D eigenvalue weighted by atomic mass is 10.3. The lowest BCUT2D eigenvalue weighted by molar-refractivity contribution is 0.475. The normalized spacial score (nSPS) is 11.2. The number of benzene rings is 1. The van der Waals surface area contributed by atoms with Crippen LogP contribution >= 0.6 is 0 Å². The first-order valence-electron chi connectivity index (χ1n) is 6.14. The molecule has 0 saturated heterocycles. The number of aromatic nitrogens is 1. The maximum absolute atomic E-state index is 12.2. The predicted octanol–water partition coefficient (Wildman–Crippen LogP) is 1.80. The number of pyridine rings is 1. The van der Waals surface area contributed by atoms with E-state index in [4.69, 9.17) is 0 Å². The molecule has 0 radical (unpaired) electrons. The Labute approximate surface area is 118 Å². The molecule has 0 amide bonds. The zero-order valence-corrected chi connectivity index (χ0v) is 11.9. The summed E-state index contributed by atoms with van der Waals surface area (Å²) in [4.78, 5) is 4.11. The molecule has 6 heteroatoms. The molecule has 20 heavy (non-hydrogen) atoms. The van der Waals surface area contributed by atoms with Gasteiger partial charge >= 0.3 is 0 Å². The highest BCUT2D eigenvalue weighted by Crippen LogP contribution is 2.20. The van der Waals surface area contributed by atoms with Crippen LogP contribution in [0.4, 0.5) is 5.69 Å². The Morgan fingerprint density at radius 2 is 1.85 bits per heavy atom. The summed E-state index contributed by atoms with van der Waals surface area (Å²) >= 11 is 0. The Morgan fingerprint density at radius 3 is 2.45 bits per heavy atom. The van der Waals surface area contributed by atoms with Crippen molar-refractivity contribution in [2.45, 2.75) is 6.42 Å². The number of phenols is 1. The Bertz CT molecular complexity index is 655. The molecule has 0 unspecified atom stereocenters. The highest BCUT2D eigenvalue weighted by molar-refractivity contribution is 7.92. The maximum Gasteiger partial charge on any atom is 0.235 e. The highest BCUT2D eigenvalue weighted by atomic mass is 32.2. The fourth-order valence-corrected chi connectivity index (χ4v) is 2.92. The Hall–Kier alpha value is -2.08. The van der Waals surface area contributed by atoms with Crippen LogP contribution in [-0.2, 0) is 16.4 Å². The molecule has 5 nitrogen and oxygen atoms in total. The van der Waals surface area contributed by atoms with Crippen molar-refractivity contribution in [2.24, 2.45) is 0 Å². The summed E-state index contributed by atoms with van der Waals surface area (Å²) in [5.41, 5.74) is 1.26. The first kappa shape index (κ1) is 14.3. The van der Waals surface area contributed by atoms with Crippen molar-refractivity contribution in [3.63, 3.8) is 0 Å². The number of aromatic hydroxyl groups is 1. The summed E-state index contributed by atoms with van der Waals surface area (Å²) in [5, 5.41) is 9.22. The molecule has 0 aliphatic carbocycles. The SMILES string of the molecule is CN(c1ccc(O)cc1)S(=O)(=O)CCc1ccccn1. The molecule has 0 atom stereocenters. The minimum atomic E-state index is -3.41. The minimum Gasteiger partial charge on any atom is -0.508 e. The number of nitrogens with zero attached hydrogens (tertiary/aromatic N) is 2. The summed E-state index contributed by atoms with van der Waals surface area (Å²) < 4.78 is 25.7. The number of hydrogen-bond acceptors (Lipinski definition) is 4. The van der Waals surface area contributed by atoms with Gasteiger partial charge < -0.3 is 5.11 Å². The Morgan fingerprint density at radius 1 is 1.15 bits per heavy atom. The molecule has 1 N–H and O–H groups in total. The molecular weight excluding hydrogens is 276 g/mol. The molecule has 0 aliphatic rings. The second-order valence-corrected chi connectivity index (χ2v) is 6.49. The van der Waals surface area contributed by atoms with Crippen LogP contribution in [0.1, 0.15) is 5.69 Å². The summed E-state index contributed by atoms with van der Waals surface area (Å²) in [7, 11) is -1.91. The third-order valence-corrected chi connectivity index (χ3v) is 4.74. The summed E-state index contributed by atoms with van der Waals surface area (Å²) in [6.07, 6.45) is 2.01. The van der Waals surface area contributed by atoms with Crippen LogP contribution in [0, 0.1) is 0 Å². The van der Waals surface area contributed by atoms with Crippen LogP contribution in [0.5, 0.6) is 5.75 Å². The molecule has 106 valence electrons. The molecule has 0 aliphatic heterocycles. The fourth-order valence-electron chi connectivity index (χ4n) is 1.74. The van der Waals surface area contributed by atoms with Gasteiger partial charge in [-0.25, -0.2) is 8.42 Å². The van der Waals surface area contributed by atoms with Gasteiger partial charge in [-0.3, -0.25) is 9.29 Å². The number of aryl methyl sites for hydroxylation is 1. The quantitative estimate of drug-likeness (QED) is 0.912. The summed E-state index contributed by atoms with van der Waals surface area (Å²) in [5.74, 6) is 0.0922. The van der Waals surface area contributed by atoms with Crippen LogP contribution < -0.4 is 4.31 Å². The van der Waals surface area contributed by atoms with E-state index < -0.39 is 10.0 Å². The van der Waals surface area contributed by atoms with Gasteiger partial charge in [-0.15, -0.1) is 0 Å². The van der Waals surface area contributed by atoms with Crippen LogP contribution in [0.3, 0.4) is 0 Å². The van der Waals surface area contributed by atoms with Crippen LogP contribution in [-0.4, -0.2) is 31.3 Å². The molecule has 1 aromatic carbocycles. The Balaban J connectivity index is 2.08. The van der Waals surface area contributed by atoms with Crippen molar-refractivity contribution in [3.8, 4) is 5.75 Å². The van der Waals surface area contributed by atoms with Gasteiger partial charge in [0.2, 0.25) is 10.0 Å². The lowest BCUT2D eigenvalue weighted by Gasteiger charge is -2.19. The van der Waals surface area contributed by atoms with E-state index >= 15 is 0 Å². The predicted molar refractivity (Wildman–Crippen MR) is 78.2 cm³/mol. The summed E-state index contributed by atoms with van der Waals surface area (Å²) in [6.45, 7) is 0. The van der Waals surface area contributed by atoms with Crippen molar-refractivity contribution in [2.75, 3.05) is 17.1 Å². The molecule has 1 heterocycles. The average Bonchev–Trinajstić information content (AvgIpc) is 2.46. The number of rotatable bonds is 5. The van der Waals surface area contributed by atoms with E-state index in [1.165, 1.54) is 23.5 Å². The van der Waals surface area contributed by atoms with Gasteiger partial charge in [0.05, 0.1) is 11.4 Å². The number of phenolic OH excluding ortho intramolecular Hbond substituents is 1. The van der Waals surface area contributed by atoms with Crippen LogP contribution in [0.2, 0.25) is 0 Å². The number of anilines is 1. The second-order valence-electron chi connectivity index (χ2n) is 4.37. The van der Waals surface area contributed by atoms with Crippen molar-refractivity contribution in [1.82, 2.24) is 4.98 Å². The van der Waals surface area contributed by atoms with Gasteiger partial charge in [-0.2, -0.15) is 0 Å². The zero-order valence-electron chi connectivity index (χ0n) is 11.1. The lowest BCUT2D eigenvalue weighted by Crippen LogP contribution is -2.29. The number of hydrogen-bond donors (Lipinski definition) is 1. The van der Waals surface area contributed by atoms with E-state index in [-0.39, 0.29) is 11.5 Å². The topological polar surface area (TPSA) is 70.5 Å². The van der Waals surface area contributed by atoms with E-state index in [1.807, 2.05) is 6.07 Å². The first-order valence-corrected chi connectivity index (χ1v) is 7.75. The minimum absolute atomic E-state index is 0.0125. The molecular formula is C14H16N2O3S. The standard InChI is InChI=1S/C14H16N2O3S/c1-16(13-5-7-14(17)8-6-13)20(18,19)11-9-12-4-2-3-10-15-12/h2-8,10,17H,9,11H2,1H3. The smallest absolute Gasteiger partial charge is 0.235 e. The van der Waals surface area contributed by atoms with Crippen LogP contribution in [0.15, 0.2) is 48.7 Å². The van der Waals surface area contributed by atoms with Crippen molar-refractivity contribution < 1.29 is 13.5 Å². The second kappa shape index (κ2) is 5.92. The molecule has 0 fully saturated rings. The molecule has 0 saturated carbocycles. The van der Waals surface area contributed by atoms with Gasteiger partial charge in [-0.05, 0) is 36.4 Å².